The Hall–Kier alpha value is -4.40. The van der Waals surface area contributed by atoms with Crippen LogP contribution < -0.4 is 10.9 Å². The molecule has 0 bridgehead atoms. The quantitative estimate of drug-likeness (QED) is 0.402. The summed E-state index contributed by atoms with van der Waals surface area (Å²) in [5.41, 5.74) is -0.921. The zero-order valence-corrected chi connectivity index (χ0v) is 17.4. The Labute approximate surface area is 191 Å². The van der Waals surface area contributed by atoms with Crippen molar-refractivity contribution in [2.75, 3.05) is 5.32 Å². The number of carbonyl (C=O) groups is 2. The van der Waals surface area contributed by atoms with Crippen LogP contribution in [0.1, 0.15) is 27.6 Å². The number of rotatable bonds is 5. The number of aromatic amines is 1. The van der Waals surface area contributed by atoms with Crippen molar-refractivity contribution >= 4 is 28.5 Å². The van der Waals surface area contributed by atoms with E-state index < -0.39 is 35.3 Å². The molecule has 1 atom stereocenters. The summed E-state index contributed by atoms with van der Waals surface area (Å²) in [5.74, 6) is -1.79. The Morgan fingerprint density at radius 2 is 1.59 bits per heavy atom. The number of benzene rings is 3. The van der Waals surface area contributed by atoms with Gasteiger partial charge < -0.3 is 15.0 Å². The summed E-state index contributed by atoms with van der Waals surface area (Å²) in [7, 11) is 0. The van der Waals surface area contributed by atoms with Crippen molar-refractivity contribution in [3.63, 3.8) is 0 Å². The van der Waals surface area contributed by atoms with Gasteiger partial charge in [0, 0.05) is 28.2 Å². The molecule has 0 saturated heterocycles. The molecule has 0 aliphatic rings. The van der Waals surface area contributed by atoms with Gasteiger partial charge in [0.15, 0.2) is 0 Å². The number of hydrogen-bond donors (Lipinski definition) is 2. The molecule has 9 heteroatoms. The van der Waals surface area contributed by atoms with Crippen molar-refractivity contribution in [1.29, 1.82) is 0 Å². The van der Waals surface area contributed by atoms with Crippen LogP contribution in [0.4, 0.5) is 18.9 Å². The zero-order valence-electron chi connectivity index (χ0n) is 17.4. The van der Waals surface area contributed by atoms with Crippen molar-refractivity contribution in [3.8, 4) is 0 Å². The molecule has 1 unspecified atom stereocenters. The number of ether oxygens (including phenoxy) is 1. The monoisotopic (exact) mass is 466 g/mol. The molecule has 3 aromatic carbocycles. The second-order valence-electron chi connectivity index (χ2n) is 7.36. The summed E-state index contributed by atoms with van der Waals surface area (Å²) in [6.07, 6.45) is -6.07. The van der Waals surface area contributed by atoms with Crippen LogP contribution in [0.25, 0.3) is 10.9 Å². The predicted octanol–water partition coefficient (Wildman–Crippen LogP) is 5.08. The number of fused-ring (bicyclic) bond motifs is 1. The standard InChI is InChI=1S/C25H17F3N2O4/c26-25(27,28)16-9-6-10-17(13-16)29-23(32)22(15-7-2-1-3-8-15)34-24(33)19-14-21(31)30-20-12-5-4-11-18(19)20/h1-14,22H,(H,29,32)(H,30,31). The fourth-order valence-corrected chi connectivity index (χ4v) is 3.43. The fourth-order valence-electron chi connectivity index (χ4n) is 3.43. The predicted molar refractivity (Wildman–Crippen MR) is 119 cm³/mol. The van der Waals surface area contributed by atoms with Gasteiger partial charge >= 0.3 is 12.1 Å². The molecule has 0 spiro atoms. The highest BCUT2D eigenvalue weighted by molar-refractivity contribution is 6.05. The second-order valence-corrected chi connectivity index (χ2v) is 7.36. The summed E-state index contributed by atoms with van der Waals surface area (Å²) in [4.78, 5) is 40.7. The summed E-state index contributed by atoms with van der Waals surface area (Å²) >= 11 is 0. The van der Waals surface area contributed by atoms with Gasteiger partial charge in [-0.05, 0) is 24.3 Å². The molecule has 6 nitrogen and oxygen atoms in total. The van der Waals surface area contributed by atoms with Gasteiger partial charge in [0.1, 0.15) is 0 Å². The topological polar surface area (TPSA) is 88.3 Å². The van der Waals surface area contributed by atoms with E-state index in [1.54, 1.807) is 54.6 Å². The normalized spacial score (nSPS) is 12.2. The summed E-state index contributed by atoms with van der Waals surface area (Å²) < 4.78 is 44.6. The van der Waals surface area contributed by atoms with Crippen molar-refractivity contribution in [3.05, 3.63) is 112 Å². The molecule has 0 radical (unpaired) electrons. The molecule has 4 aromatic rings. The van der Waals surface area contributed by atoms with Crippen LogP contribution in [0.5, 0.6) is 0 Å². The third-order valence-electron chi connectivity index (χ3n) is 4.99. The Balaban J connectivity index is 1.66. The highest BCUT2D eigenvalue weighted by Crippen LogP contribution is 2.31. The number of alkyl halides is 3. The first-order valence-electron chi connectivity index (χ1n) is 10.1. The minimum atomic E-state index is -4.59. The smallest absolute Gasteiger partial charge is 0.416 e. The molecule has 34 heavy (non-hydrogen) atoms. The van der Waals surface area contributed by atoms with Crippen LogP contribution in [0.3, 0.4) is 0 Å². The van der Waals surface area contributed by atoms with Crippen LogP contribution in [-0.4, -0.2) is 16.9 Å². The van der Waals surface area contributed by atoms with Crippen molar-refractivity contribution < 1.29 is 27.5 Å². The third-order valence-corrected chi connectivity index (χ3v) is 4.99. The van der Waals surface area contributed by atoms with Gasteiger partial charge in [-0.2, -0.15) is 13.2 Å². The van der Waals surface area contributed by atoms with E-state index in [-0.39, 0.29) is 11.3 Å². The third kappa shape index (κ3) is 4.98. The number of nitrogens with one attached hydrogen (secondary N) is 2. The van der Waals surface area contributed by atoms with Crippen LogP contribution >= 0.6 is 0 Å². The van der Waals surface area contributed by atoms with Crippen LogP contribution in [0.2, 0.25) is 0 Å². The maximum absolute atomic E-state index is 13.0. The number of para-hydroxylation sites is 1. The summed E-state index contributed by atoms with van der Waals surface area (Å²) in [5, 5.41) is 2.79. The molecule has 1 aromatic heterocycles. The van der Waals surface area contributed by atoms with Crippen LogP contribution in [-0.2, 0) is 15.7 Å². The highest BCUT2D eigenvalue weighted by atomic mass is 19.4. The first kappa shape index (κ1) is 22.8. The molecule has 0 saturated carbocycles. The van der Waals surface area contributed by atoms with Gasteiger partial charge in [-0.15, -0.1) is 0 Å². The summed E-state index contributed by atoms with van der Waals surface area (Å²) in [6.45, 7) is 0. The molecule has 0 aliphatic heterocycles. The Kier molecular flexibility index (Phi) is 6.18. The average molecular weight is 466 g/mol. The number of pyridine rings is 1. The number of anilines is 1. The SMILES string of the molecule is O=C(OC(C(=O)Nc1cccc(C(F)(F)F)c1)c1ccccc1)c1cc(=O)[nH]c2ccccc12. The van der Waals surface area contributed by atoms with E-state index in [1.807, 2.05) is 0 Å². The van der Waals surface area contributed by atoms with Crippen LogP contribution in [0.15, 0.2) is 89.7 Å². The van der Waals surface area contributed by atoms with E-state index in [0.717, 1.165) is 24.3 Å². The number of carbonyl (C=O) groups excluding carboxylic acids is 2. The van der Waals surface area contributed by atoms with E-state index in [2.05, 4.69) is 10.3 Å². The van der Waals surface area contributed by atoms with E-state index in [4.69, 9.17) is 4.74 Å². The molecular formula is C25H17F3N2O4. The minimum absolute atomic E-state index is 0.0489. The van der Waals surface area contributed by atoms with Gasteiger partial charge in [-0.25, -0.2) is 4.79 Å². The van der Waals surface area contributed by atoms with E-state index >= 15 is 0 Å². The minimum Gasteiger partial charge on any atom is -0.444 e. The molecule has 172 valence electrons. The van der Waals surface area contributed by atoms with E-state index in [9.17, 15) is 27.6 Å². The molecule has 1 amide bonds. The van der Waals surface area contributed by atoms with Gasteiger partial charge in [-0.3, -0.25) is 9.59 Å². The zero-order chi connectivity index (χ0) is 24.3. The fraction of sp³-hybridized carbons (Fsp3) is 0.0800. The lowest BCUT2D eigenvalue weighted by molar-refractivity contribution is -0.137. The molecule has 0 aliphatic carbocycles. The van der Waals surface area contributed by atoms with Gasteiger partial charge in [-0.1, -0.05) is 54.6 Å². The van der Waals surface area contributed by atoms with Gasteiger partial charge in [0.2, 0.25) is 11.7 Å². The number of H-pyrrole nitrogens is 1. The number of hydrogen-bond acceptors (Lipinski definition) is 4. The van der Waals surface area contributed by atoms with Gasteiger partial charge in [0.25, 0.3) is 5.91 Å². The number of aromatic nitrogens is 1. The van der Waals surface area contributed by atoms with E-state index in [1.165, 1.54) is 6.07 Å². The number of halogens is 3. The van der Waals surface area contributed by atoms with Crippen molar-refractivity contribution in [1.82, 2.24) is 4.98 Å². The maximum atomic E-state index is 13.0. The Morgan fingerprint density at radius 3 is 2.32 bits per heavy atom. The largest absolute Gasteiger partial charge is 0.444 e. The second kappa shape index (κ2) is 9.22. The maximum Gasteiger partial charge on any atom is 0.416 e. The lowest BCUT2D eigenvalue weighted by Gasteiger charge is -2.19. The summed E-state index contributed by atoms with van der Waals surface area (Å²) in [6, 6.07) is 19.8. The molecular weight excluding hydrogens is 449 g/mol. The van der Waals surface area contributed by atoms with E-state index in [0.29, 0.717) is 16.5 Å². The average Bonchev–Trinajstić information content (AvgIpc) is 2.82. The number of esters is 1. The molecule has 1 heterocycles. The first-order valence-corrected chi connectivity index (χ1v) is 10.1. The Morgan fingerprint density at radius 1 is 0.882 bits per heavy atom. The molecule has 4 rings (SSSR count). The molecule has 2 N–H and O–H groups in total. The van der Waals surface area contributed by atoms with Crippen LogP contribution in [0, 0.1) is 0 Å². The number of amides is 1. The van der Waals surface area contributed by atoms with Crippen molar-refractivity contribution in [2.45, 2.75) is 12.3 Å². The van der Waals surface area contributed by atoms with Crippen molar-refractivity contribution in [2.24, 2.45) is 0 Å². The lowest BCUT2D eigenvalue weighted by Crippen LogP contribution is -2.26. The Bertz CT molecular complexity index is 1420. The molecule has 0 fully saturated rings. The first-order chi connectivity index (χ1) is 16.2. The van der Waals surface area contributed by atoms with Gasteiger partial charge in [0.05, 0.1) is 11.1 Å². The highest BCUT2D eigenvalue weighted by Gasteiger charge is 2.31. The lowest BCUT2D eigenvalue weighted by atomic mass is 10.1.